The second kappa shape index (κ2) is 7.35. The molecule has 0 radical (unpaired) electrons. The van der Waals surface area contributed by atoms with Crippen molar-refractivity contribution in [1.29, 1.82) is 0 Å². The molecule has 0 aliphatic carbocycles. The lowest BCUT2D eigenvalue weighted by molar-refractivity contribution is -0.142. The van der Waals surface area contributed by atoms with Crippen LogP contribution in [0.1, 0.15) is 0 Å². The highest BCUT2D eigenvalue weighted by Gasteiger charge is 2.35. The molecule has 1 aliphatic heterocycles. The Hall–Kier alpha value is -2.58. The monoisotopic (exact) mass is 396 g/mol. The number of hydrogen-bond donors (Lipinski definition) is 2. The van der Waals surface area contributed by atoms with Gasteiger partial charge in [-0.3, -0.25) is 4.90 Å². The predicted molar refractivity (Wildman–Crippen MR) is 95.9 cm³/mol. The molecule has 2 N–H and O–H groups in total. The molecule has 1 fully saturated rings. The smallest absolute Gasteiger partial charge is 0.408 e. The van der Waals surface area contributed by atoms with Gasteiger partial charge in [-0.15, -0.1) is 0 Å². The average molecular weight is 397 g/mol. The summed E-state index contributed by atoms with van der Waals surface area (Å²) in [6.45, 7) is 0.395. The highest BCUT2D eigenvalue weighted by atomic mass is 35.5. The quantitative estimate of drug-likeness (QED) is 0.820. The third-order valence-corrected chi connectivity index (χ3v) is 4.84. The first-order chi connectivity index (χ1) is 12.4. The minimum atomic E-state index is -1.25. The van der Waals surface area contributed by atoms with Crippen molar-refractivity contribution >= 4 is 41.1 Å². The number of anilines is 1. The van der Waals surface area contributed by atoms with Crippen LogP contribution in [0.3, 0.4) is 0 Å². The largest absolute Gasteiger partial charge is 0.480 e. The lowest BCUT2D eigenvalue weighted by atomic mass is 10.1. The molecule has 0 spiro atoms. The maximum Gasteiger partial charge on any atom is 0.408 e. The molecule has 0 bridgehead atoms. The molecule has 8 nitrogen and oxygen atoms in total. The number of carbonyl (C=O) groups is 2. The molecule has 3 rings (SSSR count). The van der Waals surface area contributed by atoms with Gasteiger partial charge < -0.3 is 15.1 Å². The van der Waals surface area contributed by atoms with Crippen molar-refractivity contribution in [2.75, 3.05) is 24.5 Å². The van der Waals surface area contributed by atoms with Crippen molar-refractivity contribution in [1.82, 2.24) is 14.9 Å². The molecule has 2 aromatic rings. The molecule has 1 aromatic carbocycles. The lowest BCUT2D eigenvalue weighted by Gasteiger charge is -2.38. The Balaban J connectivity index is 1.87. The number of carboxylic acid groups (broad SMARTS) is 2. The molecule has 1 unspecified atom stereocenters. The summed E-state index contributed by atoms with van der Waals surface area (Å²) in [4.78, 5) is 33.7. The number of rotatable bonds is 3. The van der Waals surface area contributed by atoms with Gasteiger partial charge in [0.15, 0.2) is 0 Å². The van der Waals surface area contributed by atoms with Crippen LogP contribution in [0.2, 0.25) is 10.0 Å². The summed E-state index contributed by atoms with van der Waals surface area (Å²) in [6.07, 6.45) is 0.114. The summed E-state index contributed by atoms with van der Waals surface area (Å²) in [6, 6.07) is 5.65. The molecule has 26 heavy (non-hydrogen) atoms. The predicted octanol–water partition coefficient (Wildman–Crippen LogP) is 2.70. The first kappa shape index (κ1) is 18.2. The summed E-state index contributed by atoms with van der Waals surface area (Å²) in [7, 11) is 0. The number of benzene rings is 1. The summed E-state index contributed by atoms with van der Waals surface area (Å²) < 4.78 is 0. The van der Waals surface area contributed by atoms with Crippen molar-refractivity contribution in [2.45, 2.75) is 6.04 Å². The van der Waals surface area contributed by atoms with Crippen molar-refractivity contribution in [3.05, 3.63) is 40.6 Å². The van der Waals surface area contributed by atoms with Crippen molar-refractivity contribution in [3.63, 3.8) is 0 Å². The molecular formula is C16H14Cl2N4O4. The topological polar surface area (TPSA) is 107 Å². The Morgan fingerprint density at radius 2 is 1.85 bits per heavy atom. The first-order valence-corrected chi connectivity index (χ1v) is 8.37. The van der Waals surface area contributed by atoms with Gasteiger partial charge in [-0.25, -0.2) is 19.6 Å². The zero-order valence-corrected chi connectivity index (χ0v) is 14.9. The van der Waals surface area contributed by atoms with Gasteiger partial charge >= 0.3 is 12.1 Å². The number of aromatic nitrogens is 2. The zero-order valence-electron chi connectivity index (χ0n) is 13.3. The van der Waals surface area contributed by atoms with Crippen molar-refractivity contribution in [3.8, 4) is 11.3 Å². The Morgan fingerprint density at radius 1 is 1.08 bits per heavy atom. The fourth-order valence-corrected chi connectivity index (χ4v) is 3.06. The van der Waals surface area contributed by atoms with Gasteiger partial charge in [-0.2, -0.15) is 0 Å². The van der Waals surface area contributed by atoms with Crippen LogP contribution in [0, 0.1) is 0 Å². The van der Waals surface area contributed by atoms with Crippen LogP contribution in [0.15, 0.2) is 30.6 Å². The third kappa shape index (κ3) is 3.66. The van der Waals surface area contributed by atoms with Crippen LogP contribution in [0.4, 0.5) is 10.6 Å². The molecule has 1 saturated heterocycles. The highest BCUT2D eigenvalue weighted by Crippen LogP contribution is 2.29. The highest BCUT2D eigenvalue weighted by molar-refractivity contribution is 6.42. The number of piperazine rings is 1. The van der Waals surface area contributed by atoms with E-state index in [4.69, 9.17) is 28.3 Å². The molecular weight excluding hydrogens is 383 g/mol. The normalized spacial score (nSPS) is 17.2. The number of halogens is 2. The minimum Gasteiger partial charge on any atom is -0.480 e. The van der Waals surface area contributed by atoms with E-state index in [2.05, 4.69) is 9.97 Å². The maximum atomic E-state index is 11.4. The number of aliphatic carboxylic acids is 1. The zero-order chi connectivity index (χ0) is 18.8. The molecule has 1 aromatic heterocycles. The van der Waals surface area contributed by atoms with E-state index in [1.807, 2.05) is 0 Å². The number of nitrogens with zero attached hydrogens (tertiary/aromatic N) is 4. The van der Waals surface area contributed by atoms with Crippen LogP contribution < -0.4 is 4.90 Å². The van der Waals surface area contributed by atoms with E-state index in [0.29, 0.717) is 28.1 Å². The Morgan fingerprint density at radius 3 is 2.50 bits per heavy atom. The fraction of sp³-hybridized carbons (Fsp3) is 0.250. The van der Waals surface area contributed by atoms with E-state index in [1.165, 1.54) is 6.33 Å². The molecule has 0 saturated carbocycles. The summed E-state index contributed by atoms with van der Waals surface area (Å²) >= 11 is 12.0. The molecule has 136 valence electrons. The van der Waals surface area contributed by atoms with Crippen LogP contribution in [0.25, 0.3) is 11.3 Å². The maximum absolute atomic E-state index is 11.4. The molecule has 1 aliphatic rings. The SMILES string of the molecule is O=C(O)C1CN(c2cc(-c3ccc(Cl)c(Cl)c3)ncn2)CCN1C(=O)O. The van der Waals surface area contributed by atoms with Crippen molar-refractivity contribution in [2.24, 2.45) is 0 Å². The van der Waals surface area contributed by atoms with Gasteiger partial charge in [0.05, 0.1) is 22.3 Å². The average Bonchev–Trinajstić information content (AvgIpc) is 2.63. The van der Waals surface area contributed by atoms with Gasteiger partial charge in [0.2, 0.25) is 0 Å². The van der Waals surface area contributed by atoms with Crippen LogP contribution in [-0.2, 0) is 4.79 Å². The van der Waals surface area contributed by atoms with Gasteiger partial charge in [-0.1, -0.05) is 29.3 Å². The van der Waals surface area contributed by atoms with E-state index in [0.717, 1.165) is 10.5 Å². The van der Waals surface area contributed by atoms with Crippen LogP contribution in [-0.4, -0.2) is 62.8 Å². The van der Waals surface area contributed by atoms with Gasteiger partial charge in [0, 0.05) is 24.7 Å². The van der Waals surface area contributed by atoms with E-state index < -0.39 is 18.1 Å². The molecule has 1 atom stereocenters. The fourth-order valence-electron chi connectivity index (χ4n) is 2.76. The van der Waals surface area contributed by atoms with Gasteiger partial charge in [0.1, 0.15) is 18.2 Å². The third-order valence-electron chi connectivity index (χ3n) is 4.10. The van der Waals surface area contributed by atoms with Crippen molar-refractivity contribution < 1.29 is 19.8 Å². The van der Waals surface area contributed by atoms with Crippen LogP contribution >= 0.6 is 23.2 Å². The Bertz CT molecular complexity index is 864. The second-order valence-corrected chi connectivity index (χ2v) is 6.48. The van der Waals surface area contributed by atoms with E-state index in [9.17, 15) is 14.7 Å². The Kier molecular flexibility index (Phi) is 5.15. The standard InChI is InChI=1S/C16H14Cl2N4O4/c17-10-2-1-9(5-11(10)18)12-6-14(20-8-19-12)21-3-4-22(16(25)26)13(7-21)15(23)24/h1-2,5-6,8,13H,3-4,7H2,(H,23,24)(H,25,26). The van der Waals surface area contributed by atoms with E-state index in [1.54, 1.807) is 29.2 Å². The Labute approximate surface area is 158 Å². The second-order valence-electron chi connectivity index (χ2n) is 5.67. The van der Waals surface area contributed by atoms with E-state index in [-0.39, 0.29) is 13.1 Å². The van der Waals surface area contributed by atoms with Gasteiger partial charge in [0.25, 0.3) is 0 Å². The lowest BCUT2D eigenvalue weighted by Crippen LogP contribution is -2.58. The number of amides is 1. The first-order valence-electron chi connectivity index (χ1n) is 7.61. The van der Waals surface area contributed by atoms with E-state index >= 15 is 0 Å². The van der Waals surface area contributed by atoms with Gasteiger partial charge in [-0.05, 0) is 12.1 Å². The number of hydrogen-bond acceptors (Lipinski definition) is 5. The minimum absolute atomic E-state index is 0.000535. The van der Waals surface area contributed by atoms with Crippen LogP contribution in [0.5, 0.6) is 0 Å². The summed E-state index contributed by atoms with van der Waals surface area (Å²) in [5.74, 6) is -0.687. The summed E-state index contributed by atoms with van der Waals surface area (Å²) in [5.41, 5.74) is 1.34. The molecule has 10 heteroatoms. The number of carboxylic acids is 1. The molecule has 2 heterocycles. The molecule has 1 amide bonds. The summed E-state index contributed by atoms with van der Waals surface area (Å²) in [5, 5.41) is 19.3.